The van der Waals surface area contributed by atoms with Crippen molar-refractivity contribution in [1.82, 2.24) is 0 Å². The molecule has 2 saturated heterocycles. The number of hydrogen-bond donors (Lipinski definition) is 0. The average molecular weight is 553 g/mol. The summed E-state index contributed by atoms with van der Waals surface area (Å²) in [5.74, 6) is 0. The first kappa shape index (κ1) is 26.9. The van der Waals surface area contributed by atoms with Crippen molar-refractivity contribution >= 4 is 34.4 Å². The van der Waals surface area contributed by atoms with Gasteiger partial charge in [0.15, 0.2) is 0 Å². The molecule has 2 heterocycles. The van der Waals surface area contributed by atoms with E-state index in [0.29, 0.717) is 0 Å². The maximum atomic E-state index is 2.48. The van der Waals surface area contributed by atoms with Gasteiger partial charge < -0.3 is 0 Å². The molecule has 0 aromatic heterocycles. The van der Waals surface area contributed by atoms with Gasteiger partial charge in [-0.3, -0.25) is 0 Å². The summed E-state index contributed by atoms with van der Waals surface area (Å²) in [7, 11) is 0. The maximum absolute atomic E-state index is 2.48. The molecular formula is C37H46P2. The molecule has 0 spiro atoms. The summed E-state index contributed by atoms with van der Waals surface area (Å²) >= 11 is 0. The summed E-state index contributed by atoms with van der Waals surface area (Å²) in [5, 5.41) is 6.72. The summed E-state index contributed by atoms with van der Waals surface area (Å²) in [6.07, 6.45) is 18.1. The number of rotatable bonds is 10. The fourth-order valence-electron chi connectivity index (χ4n) is 8.93. The van der Waals surface area contributed by atoms with Crippen LogP contribution in [0, 0.1) is 0 Å². The molecule has 0 unspecified atom stereocenters. The summed E-state index contributed by atoms with van der Waals surface area (Å²) in [6.45, 7) is -4.36. The molecule has 2 aliphatic heterocycles. The van der Waals surface area contributed by atoms with Crippen LogP contribution in [-0.4, -0.2) is 37.0 Å². The van der Waals surface area contributed by atoms with E-state index in [4.69, 9.17) is 0 Å². The Kier molecular flexibility index (Phi) is 7.57. The number of unbranched alkanes of at least 4 members (excludes halogenated alkanes) is 2. The van der Waals surface area contributed by atoms with Gasteiger partial charge in [-0.1, -0.05) is 0 Å². The molecule has 0 aliphatic carbocycles. The van der Waals surface area contributed by atoms with E-state index in [9.17, 15) is 0 Å². The van der Waals surface area contributed by atoms with Crippen molar-refractivity contribution in [2.75, 3.05) is 37.0 Å². The molecule has 0 amide bonds. The number of benzene rings is 4. The molecule has 2 heteroatoms. The van der Waals surface area contributed by atoms with Crippen LogP contribution in [0.5, 0.6) is 0 Å². The van der Waals surface area contributed by atoms with Gasteiger partial charge in [0.2, 0.25) is 0 Å². The summed E-state index contributed by atoms with van der Waals surface area (Å²) < 4.78 is 0. The van der Waals surface area contributed by atoms with Crippen LogP contribution in [0.25, 0.3) is 0 Å². The third-order valence-electron chi connectivity index (χ3n) is 10.9. The van der Waals surface area contributed by atoms with Crippen molar-refractivity contribution in [3.05, 3.63) is 121 Å². The van der Waals surface area contributed by atoms with Crippen LogP contribution in [-0.2, 0) is 0 Å². The average Bonchev–Trinajstić information content (AvgIpc) is 3.68. The monoisotopic (exact) mass is 552 g/mol. The molecule has 204 valence electrons. The van der Waals surface area contributed by atoms with Crippen molar-refractivity contribution in [2.45, 2.75) is 44.9 Å². The van der Waals surface area contributed by atoms with Crippen LogP contribution in [0.4, 0.5) is 0 Å². The molecule has 0 radical (unpaired) electrons. The fraction of sp³-hybridized carbons (Fsp3) is 0.351. The van der Waals surface area contributed by atoms with E-state index in [2.05, 4.69) is 121 Å². The molecule has 6 rings (SSSR count). The van der Waals surface area contributed by atoms with Gasteiger partial charge in [-0.05, 0) is 0 Å². The molecule has 0 N–H and O–H groups in total. The summed E-state index contributed by atoms with van der Waals surface area (Å²) in [5.41, 5.74) is 0. The summed E-state index contributed by atoms with van der Waals surface area (Å²) in [4.78, 5) is 0. The molecule has 2 aliphatic rings. The molecule has 2 fully saturated rings. The van der Waals surface area contributed by atoms with Gasteiger partial charge in [0.1, 0.15) is 0 Å². The van der Waals surface area contributed by atoms with Gasteiger partial charge in [-0.2, -0.15) is 0 Å². The standard InChI is InChI=1S/C37H46P2/c1-6-20-34(21-7-1)38(30-16-17-31-38,35-22-8-2-9-23-35)28-14-5-15-29-39(32-18-19-33-39,36-24-10-3-11-25-36)37-26-12-4-13-27-37/h1-4,6-13,20-27H,5,14-19,28-33H2. The molecule has 39 heavy (non-hydrogen) atoms. The number of hydrogen-bond acceptors (Lipinski definition) is 0. The van der Waals surface area contributed by atoms with Crippen LogP contribution in [0.1, 0.15) is 44.9 Å². The molecule has 0 nitrogen and oxygen atoms in total. The first-order chi connectivity index (χ1) is 19.2. The zero-order chi connectivity index (χ0) is 26.5. The quantitative estimate of drug-likeness (QED) is 0.138. The Morgan fingerprint density at radius 2 is 0.590 bits per heavy atom. The van der Waals surface area contributed by atoms with E-state index < -0.39 is 13.2 Å². The van der Waals surface area contributed by atoms with Gasteiger partial charge in [0, 0.05) is 0 Å². The second kappa shape index (κ2) is 11.0. The van der Waals surface area contributed by atoms with Crippen LogP contribution >= 0.6 is 13.2 Å². The predicted molar refractivity (Wildman–Crippen MR) is 180 cm³/mol. The van der Waals surface area contributed by atoms with Crippen molar-refractivity contribution in [3.8, 4) is 0 Å². The Labute approximate surface area is 237 Å². The van der Waals surface area contributed by atoms with E-state index in [-0.39, 0.29) is 0 Å². The van der Waals surface area contributed by atoms with Crippen LogP contribution < -0.4 is 21.2 Å². The first-order valence-electron chi connectivity index (χ1n) is 15.4. The van der Waals surface area contributed by atoms with Gasteiger partial charge in [-0.15, -0.1) is 0 Å². The van der Waals surface area contributed by atoms with Crippen LogP contribution in [0.2, 0.25) is 0 Å². The van der Waals surface area contributed by atoms with Crippen LogP contribution in [0.15, 0.2) is 121 Å². The second-order valence-electron chi connectivity index (χ2n) is 12.6. The van der Waals surface area contributed by atoms with Crippen LogP contribution in [0.3, 0.4) is 0 Å². The molecule has 0 saturated carbocycles. The van der Waals surface area contributed by atoms with E-state index in [1.807, 2.05) is 0 Å². The molecule has 0 atom stereocenters. The minimum atomic E-state index is -2.18. The van der Waals surface area contributed by atoms with E-state index in [1.165, 1.54) is 81.9 Å². The van der Waals surface area contributed by atoms with Gasteiger partial charge in [0.05, 0.1) is 0 Å². The zero-order valence-corrected chi connectivity index (χ0v) is 25.4. The van der Waals surface area contributed by atoms with Crippen molar-refractivity contribution < 1.29 is 0 Å². The molecule has 0 bridgehead atoms. The van der Waals surface area contributed by atoms with E-state index in [0.717, 1.165) is 0 Å². The third-order valence-corrected chi connectivity index (χ3v) is 25.9. The van der Waals surface area contributed by atoms with Gasteiger partial charge >= 0.3 is 238 Å². The molecule has 4 aromatic rings. The zero-order valence-electron chi connectivity index (χ0n) is 23.6. The summed E-state index contributed by atoms with van der Waals surface area (Å²) in [6, 6.07) is 47.0. The minimum absolute atomic E-state index is 1.36. The SMILES string of the molecule is c1ccc(P2(CCCCCP3(c4ccccc4)(c4ccccc4)CCCC3)(c3ccccc3)CCCC2)cc1. The van der Waals surface area contributed by atoms with Gasteiger partial charge in [-0.25, -0.2) is 0 Å². The third kappa shape index (κ3) is 4.44. The first-order valence-corrected chi connectivity index (χ1v) is 21.0. The Morgan fingerprint density at radius 3 is 0.846 bits per heavy atom. The van der Waals surface area contributed by atoms with Crippen molar-refractivity contribution in [2.24, 2.45) is 0 Å². The predicted octanol–water partition coefficient (Wildman–Crippen LogP) is 8.15. The van der Waals surface area contributed by atoms with E-state index in [1.54, 1.807) is 21.2 Å². The Hall–Kier alpha value is -2.26. The Balaban J connectivity index is 1.29. The Morgan fingerprint density at radius 1 is 0.333 bits per heavy atom. The normalized spacial score (nSPS) is 22.7. The fourth-order valence-corrected chi connectivity index (χ4v) is 23.7. The topological polar surface area (TPSA) is 0 Å². The van der Waals surface area contributed by atoms with Gasteiger partial charge in [0.25, 0.3) is 0 Å². The molecule has 4 aromatic carbocycles. The second-order valence-corrected chi connectivity index (χ2v) is 24.3. The Bertz CT molecular complexity index is 1140. The molecular weight excluding hydrogens is 506 g/mol. The van der Waals surface area contributed by atoms with Crippen molar-refractivity contribution in [1.29, 1.82) is 0 Å². The van der Waals surface area contributed by atoms with Crippen molar-refractivity contribution in [3.63, 3.8) is 0 Å². The van der Waals surface area contributed by atoms with E-state index >= 15 is 0 Å².